The van der Waals surface area contributed by atoms with Gasteiger partial charge >= 0.3 is 0 Å². The molecule has 0 bridgehead atoms. The average molecular weight is 532 g/mol. The average Bonchev–Trinajstić information content (AvgIpc) is 3.44. The van der Waals surface area contributed by atoms with Crippen LogP contribution in [0.5, 0.6) is 17.2 Å². The Hall–Kier alpha value is -1.42. The maximum absolute atomic E-state index is 5.54. The van der Waals surface area contributed by atoms with Crippen LogP contribution in [-0.4, -0.2) is 71.0 Å². The lowest BCUT2D eigenvalue weighted by Gasteiger charge is -2.24. The fraction of sp³-hybridized carbons (Fsp3) is 0.682. The fourth-order valence-electron chi connectivity index (χ4n) is 4.52. The minimum absolute atomic E-state index is 0. The number of hydrogen-bond acceptors (Lipinski definition) is 5. The van der Waals surface area contributed by atoms with Crippen LogP contribution >= 0.6 is 24.0 Å². The molecule has 3 rings (SSSR count). The topological polar surface area (TPSA) is 67.4 Å². The van der Waals surface area contributed by atoms with Gasteiger partial charge in [-0.2, -0.15) is 0 Å². The molecule has 1 saturated carbocycles. The number of methoxy groups -OCH3 is 3. The predicted molar refractivity (Wildman–Crippen MR) is 132 cm³/mol. The molecule has 1 aromatic rings. The molecule has 1 heterocycles. The Labute approximate surface area is 197 Å². The number of halogens is 1. The summed E-state index contributed by atoms with van der Waals surface area (Å²) in [5.74, 6) is 3.12. The number of ether oxygens (including phenoxy) is 3. The summed E-state index contributed by atoms with van der Waals surface area (Å²) in [6.07, 6.45) is 7.45. The zero-order chi connectivity index (χ0) is 20.6. The van der Waals surface area contributed by atoms with Crippen molar-refractivity contribution in [3.8, 4) is 17.2 Å². The second-order valence-electron chi connectivity index (χ2n) is 7.82. The van der Waals surface area contributed by atoms with Gasteiger partial charge in [0.05, 0.1) is 21.3 Å². The highest BCUT2D eigenvalue weighted by Gasteiger charge is 2.30. The third-order valence-electron chi connectivity index (χ3n) is 6.11. The summed E-state index contributed by atoms with van der Waals surface area (Å²) in [5.41, 5.74) is 1.02. The van der Waals surface area contributed by atoms with E-state index in [4.69, 9.17) is 14.2 Å². The number of guanidine groups is 1. The van der Waals surface area contributed by atoms with E-state index in [1.807, 2.05) is 19.2 Å². The molecule has 170 valence electrons. The lowest BCUT2D eigenvalue weighted by Crippen LogP contribution is -2.45. The molecule has 1 atom stereocenters. The van der Waals surface area contributed by atoms with Gasteiger partial charge in [-0.15, -0.1) is 24.0 Å². The molecule has 2 aliphatic rings. The molecule has 1 aliphatic heterocycles. The smallest absolute Gasteiger partial charge is 0.191 e. The molecule has 2 fully saturated rings. The molecule has 2 N–H and O–H groups in total. The Morgan fingerprint density at radius 3 is 2.30 bits per heavy atom. The second kappa shape index (κ2) is 12.4. The van der Waals surface area contributed by atoms with E-state index in [9.17, 15) is 0 Å². The van der Waals surface area contributed by atoms with Crippen LogP contribution in [0.4, 0.5) is 0 Å². The van der Waals surface area contributed by atoms with Gasteiger partial charge in [-0.25, -0.2) is 0 Å². The molecule has 1 aromatic carbocycles. The van der Waals surface area contributed by atoms with E-state index in [1.165, 1.54) is 38.6 Å². The Kier molecular flexibility index (Phi) is 10.3. The van der Waals surface area contributed by atoms with Crippen molar-refractivity contribution < 1.29 is 14.2 Å². The first-order chi connectivity index (χ1) is 14.2. The van der Waals surface area contributed by atoms with Crippen molar-refractivity contribution >= 4 is 29.9 Å². The Morgan fingerprint density at radius 2 is 1.73 bits per heavy atom. The summed E-state index contributed by atoms with van der Waals surface area (Å²) in [6.45, 7) is 3.04. The van der Waals surface area contributed by atoms with Crippen LogP contribution in [0.3, 0.4) is 0 Å². The standard InChI is InChI=1S/C22H36N4O3.HI/c1-23-22(25-16-10-12-26(15-16)17-7-5-6-8-17)24-11-9-19-20(28-3)13-18(27-2)14-21(19)29-4;/h13-14,16-17H,5-12,15H2,1-4H3,(H2,23,24,25);1H. The van der Waals surface area contributed by atoms with E-state index in [0.717, 1.165) is 54.3 Å². The van der Waals surface area contributed by atoms with Crippen molar-refractivity contribution in [1.29, 1.82) is 0 Å². The van der Waals surface area contributed by atoms with Gasteiger partial charge in [0, 0.05) is 56.5 Å². The lowest BCUT2D eigenvalue weighted by atomic mass is 10.1. The van der Waals surface area contributed by atoms with Gasteiger partial charge in [-0.1, -0.05) is 12.8 Å². The first-order valence-electron chi connectivity index (χ1n) is 10.7. The number of nitrogens with one attached hydrogen (secondary N) is 2. The molecule has 1 saturated heterocycles. The Bertz CT molecular complexity index is 670. The van der Waals surface area contributed by atoms with Gasteiger partial charge in [-0.3, -0.25) is 9.89 Å². The van der Waals surface area contributed by atoms with Crippen LogP contribution in [0.1, 0.15) is 37.7 Å². The molecule has 8 heteroatoms. The molecule has 7 nitrogen and oxygen atoms in total. The summed E-state index contributed by atoms with van der Waals surface area (Å²) in [5, 5.41) is 7.03. The first-order valence-corrected chi connectivity index (χ1v) is 10.7. The second-order valence-corrected chi connectivity index (χ2v) is 7.82. The van der Waals surface area contributed by atoms with E-state index in [0.29, 0.717) is 6.04 Å². The van der Waals surface area contributed by atoms with Gasteiger partial charge in [0.1, 0.15) is 17.2 Å². The predicted octanol–water partition coefficient (Wildman–Crippen LogP) is 3.05. The van der Waals surface area contributed by atoms with E-state index in [2.05, 4.69) is 20.5 Å². The third-order valence-corrected chi connectivity index (χ3v) is 6.11. The first kappa shape index (κ1) is 24.8. The van der Waals surface area contributed by atoms with Crippen LogP contribution in [-0.2, 0) is 6.42 Å². The van der Waals surface area contributed by atoms with Crippen molar-refractivity contribution in [2.75, 3.05) is 48.0 Å². The molecule has 0 aromatic heterocycles. The maximum Gasteiger partial charge on any atom is 0.191 e. The van der Waals surface area contributed by atoms with Crippen LogP contribution in [0.25, 0.3) is 0 Å². The van der Waals surface area contributed by atoms with E-state index < -0.39 is 0 Å². The third kappa shape index (κ3) is 6.29. The van der Waals surface area contributed by atoms with Gasteiger partial charge in [0.15, 0.2) is 5.96 Å². The fourth-order valence-corrected chi connectivity index (χ4v) is 4.52. The number of nitrogens with zero attached hydrogens (tertiary/aromatic N) is 2. The highest BCUT2D eigenvalue weighted by atomic mass is 127. The van der Waals surface area contributed by atoms with Crippen molar-refractivity contribution in [3.05, 3.63) is 17.7 Å². The molecule has 1 aliphatic carbocycles. The summed E-state index contributed by atoms with van der Waals surface area (Å²) in [6, 6.07) is 5.04. The summed E-state index contributed by atoms with van der Waals surface area (Å²) >= 11 is 0. The number of rotatable bonds is 8. The summed E-state index contributed by atoms with van der Waals surface area (Å²) in [7, 11) is 6.80. The molecule has 0 spiro atoms. The highest BCUT2D eigenvalue weighted by Crippen LogP contribution is 2.34. The van der Waals surface area contributed by atoms with Gasteiger partial charge in [0.2, 0.25) is 0 Å². The normalized spacial score (nSPS) is 20.0. The van der Waals surface area contributed by atoms with Crippen molar-refractivity contribution in [3.63, 3.8) is 0 Å². The van der Waals surface area contributed by atoms with Crippen molar-refractivity contribution in [2.45, 2.75) is 50.6 Å². The molecule has 0 radical (unpaired) electrons. The molecule has 1 unspecified atom stereocenters. The van der Waals surface area contributed by atoms with Crippen LogP contribution < -0.4 is 24.8 Å². The minimum Gasteiger partial charge on any atom is -0.496 e. The number of aliphatic imine (C=N–C) groups is 1. The van der Waals surface area contributed by atoms with Crippen molar-refractivity contribution in [2.24, 2.45) is 4.99 Å². The zero-order valence-electron chi connectivity index (χ0n) is 18.7. The summed E-state index contributed by atoms with van der Waals surface area (Å²) < 4.78 is 16.4. The quantitative estimate of drug-likeness (QED) is 0.305. The van der Waals surface area contributed by atoms with Crippen LogP contribution in [0.15, 0.2) is 17.1 Å². The highest BCUT2D eigenvalue weighted by molar-refractivity contribution is 14.0. The monoisotopic (exact) mass is 532 g/mol. The van der Waals surface area contributed by atoms with Crippen molar-refractivity contribution in [1.82, 2.24) is 15.5 Å². The molecular weight excluding hydrogens is 495 g/mol. The van der Waals surface area contributed by atoms with E-state index >= 15 is 0 Å². The SMILES string of the molecule is CN=C(NCCc1c(OC)cc(OC)cc1OC)NC1CCN(C2CCCC2)C1.I. The van der Waals surface area contributed by atoms with Gasteiger partial charge in [-0.05, 0) is 25.7 Å². The minimum atomic E-state index is 0. The molecule has 0 amide bonds. The molecular formula is C22H37IN4O3. The Balaban J connectivity index is 0.00000320. The Morgan fingerprint density at radius 1 is 1.07 bits per heavy atom. The zero-order valence-corrected chi connectivity index (χ0v) is 21.0. The van der Waals surface area contributed by atoms with Gasteiger partial charge in [0.25, 0.3) is 0 Å². The largest absolute Gasteiger partial charge is 0.496 e. The maximum atomic E-state index is 5.54. The van der Waals surface area contributed by atoms with Crippen LogP contribution in [0, 0.1) is 0 Å². The van der Waals surface area contributed by atoms with Gasteiger partial charge < -0.3 is 24.8 Å². The van der Waals surface area contributed by atoms with Crippen LogP contribution in [0.2, 0.25) is 0 Å². The number of benzene rings is 1. The van der Waals surface area contributed by atoms with E-state index in [1.54, 1.807) is 21.3 Å². The lowest BCUT2D eigenvalue weighted by molar-refractivity contribution is 0.242. The summed E-state index contributed by atoms with van der Waals surface area (Å²) in [4.78, 5) is 7.07. The number of likely N-dealkylation sites (tertiary alicyclic amines) is 1. The molecule has 30 heavy (non-hydrogen) atoms. The van der Waals surface area contributed by atoms with E-state index in [-0.39, 0.29) is 24.0 Å². The number of hydrogen-bond donors (Lipinski definition) is 2.